The normalized spacial score (nSPS) is 12.8. The molecule has 6 nitrogen and oxygen atoms in total. The third-order valence-corrected chi connectivity index (χ3v) is 12.3. The Morgan fingerprint density at radius 2 is 0.557 bits per heavy atom. The molecular weight excluding hydrogens is 865 g/mol. The molecule has 0 N–H and O–H groups in total. The van der Waals surface area contributed by atoms with Gasteiger partial charge in [-0.1, -0.05) is 246 Å². The van der Waals surface area contributed by atoms with Gasteiger partial charge >= 0.3 is 17.9 Å². The van der Waals surface area contributed by atoms with Gasteiger partial charge in [0.05, 0.1) is 0 Å². The molecule has 0 aromatic rings. The van der Waals surface area contributed by atoms with Crippen molar-refractivity contribution in [3.05, 3.63) is 97.2 Å². The molecule has 400 valence electrons. The van der Waals surface area contributed by atoms with Gasteiger partial charge in [0.1, 0.15) is 13.2 Å². The Bertz CT molecular complexity index is 1400. The number of unbranched alkanes of at least 4 members (excludes halogenated alkanes) is 25. The number of hydrogen-bond donors (Lipinski definition) is 0. The van der Waals surface area contributed by atoms with Crippen LogP contribution in [0.15, 0.2) is 97.2 Å². The summed E-state index contributed by atoms with van der Waals surface area (Å²) in [4.78, 5) is 38.1. The van der Waals surface area contributed by atoms with E-state index in [1.165, 1.54) is 96.3 Å². The lowest BCUT2D eigenvalue weighted by molar-refractivity contribution is -0.167. The maximum absolute atomic E-state index is 12.8. The Morgan fingerprint density at radius 1 is 0.300 bits per heavy atom. The highest BCUT2D eigenvalue weighted by molar-refractivity contribution is 5.71. The summed E-state index contributed by atoms with van der Waals surface area (Å²) in [6.45, 7) is 6.48. The Hall–Kier alpha value is -3.67. The Labute approximate surface area is 432 Å². The number of ether oxygens (including phenoxy) is 3. The van der Waals surface area contributed by atoms with E-state index in [1.54, 1.807) is 0 Å². The van der Waals surface area contributed by atoms with E-state index in [2.05, 4.69) is 118 Å². The van der Waals surface area contributed by atoms with E-state index >= 15 is 0 Å². The highest BCUT2D eigenvalue weighted by Gasteiger charge is 2.19. The lowest BCUT2D eigenvalue weighted by atomic mass is 10.0. The van der Waals surface area contributed by atoms with E-state index in [-0.39, 0.29) is 31.1 Å². The number of carbonyl (C=O) groups is 3. The van der Waals surface area contributed by atoms with Gasteiger partial charge in [-0.3, -0.25) is 14.4 Å². The lowest BCUT2D eigenvalue weighted by Crippen LogP contribution is -2.30. The fraction of sp³-hybridized carbons (Fsp3) is 0.703. The summed E-state index contributed by atoms with van der Waals surface area (Å²) in [6.07, 6.45) is 76.8. The fourth-order valence-corrected chi connectivity index (χ4v) is 7.95. The van der Waals surface area contributed by atoms with E-state index in [0.717, 1.165) is 135 Å². The van der Waals surface area contributed by atoms with E-state index in [1.807, 2.05) is 0 Å². The maximum Gasteiger partial charge on any atom is 0.306 e. The molecule has 0 aromatic heterocycles. The highest BCUT2D eigenvalue weighted by atomic mass is 16.6. The van der Waals surface area contributed by atoms with Gasteiger partial charge in [0.15, 0.2) is 6.10 Å². The first kappa shape index (κ1) is 66.3. The summed E-state index contributed by atoms with van der Waals surface area (Å²) >= 11 is 0. The molecule has 1 unspecified atom stereocenters. The maximum atomic E-state index is 12.8. The summed E-state index contributed by atoms with van der Waals surface area (Å²) in [6, 6.07) is 0. The number of hydrogen-bond acceptors (Lipinski definition) is 6. The molecule has 0 aliphatic heterocycles. The highest BCUT2D eigenvalue weighted by Crippen LogP contribution is 2.15. The minimum absolute atomic E-state index is 0.0865. The zero-order chi connectivity index (χ0) is 50.7. The molecule has 70 heavy (non-hydrogen) atoms. The molecule has 0 aromatic carbocycles. The minimum Gasteiger partial charge on any atom is -0.462 e. The molecule has 0 aliphatic carbocycles. The predicted octanol–water partition coefficient (Wildman–Crippen LogP) is 19.7. The summed E-state index contributed by atoms with van der Waals surface area (Å²) in [5, 5.41) is 0. The average molecular weight is 974 g/mol. The van der Waals surface area contributed by atoms with Crippen LogP contribution in [0.25, 0.3) is 0 Å². The topological polar surface area (TPSA) is 78.9 Å². The van der Waals surface area contributed by atoms with Crippen molar-refractivity contribution in [3.63, 3.8) is 0 Å². The van der Waals surface area contributed by atoms with Gasteiger partial charge in [-0.2, -0.15) is 0 Å². The van der Waals surface area contributed by atoms with E-state index < -0.39 is 6.10 Å². The van der Waals surface area contributed by atoms with Crippen molar-refractivity contribution < 1.29 is 28.6 Å². The van der Waals surface area contributed by atoms with Gasteiger partial charge in [0, 0.05) is 19.3 Å². The predicted molar refractivity (Wildman–Crippen MR) is 302 cm³/mol. The second-order valence-electron chi connectivity index (χ2n) is 19.2. The first-order valence-electron chi connectivity index (χ1n) is 29.2. The van der Waals surface area contributed by atoms with Crippen LogP contribution in [-0.2, 0) is 28.6 Å². The molecule has 0 amide bonds. The van der Waals surface area contributed by atoms with Crippen molar-refractivity contribution in [3.8, 4) is 0 Å². The number of rotatable bonds is 52. The summed E-state index contributed by atoms with van der Waals surface area (Å²) in [5.74, 6) is -0.912. The molecule has 0 saturated heterocycles. The van der Waals surface area contributed by atoms with Crippen molar-refractivity contribution in [2.75, 3.05) is 13.2 Å². The van der Waals surface area contributed by atoms with Gasteiger partial charge in [0.25, 0.3) is 0 Å². The zero-order valence-electron chi connectivity index (χ0n) is 45.8. The van der Waals surface area contributed by atoms with Crippen LogP contribution in [0.2, 0.25) is 0 Å². The molecule has 0 aliphatic rings. The molecule has 0 bridgehead atoms. The second kappa shape index (κ2) is 57.9. The number of esters is 3. The summed E-state index contributed by atoms with van der Waals surface area (Å²) in [5.41, 5.74) is 0. The molecule has 0 heterocycles. The van der Waals surface area contributed by atoms with Gasteiger partial charge in [-0.25, -0.2) is 0 Å². The molecule has 0 radical (unpaired) electrons. The molecule has 0 rings (SSSR count). The summed E-state index contributed by atoms with van der Waals surface area (Å²) < 4.78 is 16.8. The van der Waals surface area contributed by atoms with E-state index in [4.69, 9.17) is 14.2 Å². The molecule has 0 saturated carbocycles. The Kier molecular flexibility index (Phi) is 54.9. The lowest BCUT2D eigenvalue weighted by Gasteiger charge is -2.18. The van der Waals surface area contributed by atoms with Crippen LogP contribution < -0.4 is 0 Å². The smallest absolute Gasteiger partial charge is 0.306 e. The number of allylic oxidation sites excluding steroid dienone is 16. The van der Waals surface area contributed by atoms with Crippen molar-refractivity contribution in [1.82, 2.24) is 0 Å². The Balaban J connectivity index is 4.36. The van der Waals surface area contributed by atoms with Crippen LogP contribution in [-0.4, -0.2) is 37.2 Å². The first-order valence-corrected chi connectivity index (χ1v) is 29.2. The average Bonchev–Trinajstić information content (AvgIpc) is 3.36. The molecular formula is C64H108O6. The molecule has 0 spiro atoms. The van der Waals surface area contributed by atoms with Crippen molar-refractivity contribution in [2.45, 2.75) is 277 Å². The van der Waals surface area contributed by atoms with E-state index in [0.29, 0.717) is 19.3 Å². The van der Waals surface area contributed by atoms with Crippen LogP contribution in [0, 0.1) is 0 Å². The van der Waals surface area contributed by atoms with Crippen molar-refractivity contribution in [1.29, 1.82) is 0 Å². The molecule has 0 fully saturated rings. The van der Waals surface area contributed by atoms with Crippen LogP contribution in [0.4, 0.5) is 0 Å². The SMILES string of the molecule is CC/C=C\C/C=C\C/C=C\C/C=C\C/C=C\C/C=C\CCCCCCCCC(=O)OCC(COC(=O)CCCCCCCCCCCCCC)OC(=O)CCCCCCC/C=C\C/C=C\CCCCC. The van der Waals surface area contributed by atoms with Gasteiger partial charge in [-0.15, -0.1) is 0 Å². The Morgan fingerprint density at radius 3 is 0.900 bits per heavy atom. The molecule has 6 heteroatoms. The fourth-order valence-electron chi connectivity index (χ4n) is 7.95. The quantitative estimate of drug-likeness (QED) is 0.0262. The molecule has 1 atom stereocenters. The third-order valence-electron chi connectivity index (χ3n) is 12.3. The van der Waals surface area contributed by atoms with E-state index in [9.17, 15) is 14.4 Å². The first-order chi connectivity index (χ1) is 34.5. The van der Waals surface area contributed by atoms with Crippen molar-refractivity contribution >= 4 is 17.9 Å². The van der Waals surface area contributed by atoms with Crippen LogP contribution in [0.3, 0.4) is 0 Å². The van der Waals surface area contributed by atoms with Crippen molar-refractivity contribution in [2.24, 2.45) is 0 Å². The summed E-state index contributed by atoms with van der Waals surface area (Å²) in [7, 11) is 0. The van der Waals surface area contributed by atoms with Crippen LogP contribution in [0.5, 0.6) is 0 Å². The number of carbonyl (C=O) groups excluding carboxylic acids is 3. The monoisotopic (exact) mass is 973 g/mol. The van der Waals surface area contributed by atoms with Crippen LogP contribution in [0.1, 0.15) is 271 Å². The van der Waals surface area contributed by atoms with Crippen LogP contribution >= 0.6 is 0 Å². The van der Waals surface area contributed by atoms with Gasteiger partial charge in [0.2, 0.25) is 0 Å². The standard InChI is InChI=1S/C64H108O6/c1-4-7-10-13-16-19-22-25-27-28-29-30-31-32-33-34-35-36-38-39-42-45-48-51-54-57-63(66)69-60-61(59-68-62(65)56-53-50-47-44-41-24-21-18-15-12-9-6-3)70-64(67)58-55-52-49-46-43-40-37-26-23-20-17-14-11-8-5-2/h7,10,16-17,19-20,25-27,29-30,32-33,35-37,61H,4-6,8-9,11-15,18,21-24,28,31,34,38-60H2,1-3H3/b10-7-,19-16-,20-17-,27-25-,30-29-,33-32-,36-35-,37-26-. The second-order valence-corrected chi connectivity index (χ2v) is 19.2. The van der Waals surface area contributed by atoms with Gasteiger partial charge < -0.3 is 14.2 Å². The largest absolute Gasteiger partial charge is 0.462 e. The minimum atomic E-state index is -0.790. The third kappa shape index (κ3) is 55.3. The van der Waals surface area contributed by atoms with Gasteiger partial charge in [-0.05, 0) is 103 Å². The zero-order valence-corrected chi connectivity index (χ0v) is 45.8.